The highest BCUT2D eigenvalue weighted by Crippen LogP contribution is 2.43. The fraction of sp³-hybridized carbons (Fsp3) is 0.706. The predicted molar refractivity (Wildman–Crippen MR) is 86.4 cm³/mol. The quantitative estimate of drug-likeness (QED) is 0.906. The van der Waals surface area contributed by atoms with Crippen LogP contribution in [-0.4, -0.2) is 36.1 Å². The average Bonchev–Trinajstić information content (AvgIpc) is 2.47. The van der Waals surface area contributed by atoms with Crippen molar-refractivity contribution in [2.45, 2.75) is 51.1 Å². The molecule has 0 radical (unpaired) electrons. The number of pyridine rings is 1. The third kappa shape index (κ3) is 3.38. The van der Waals surface area contributed by atoms with Crippen molar-refractivity contribution in [3.05, 3.63) is 24.0 Å². The van der Waals surface area contributed by atoms with E-state index in [9.17, 15) is 0 Å². The molecule has 21 heavy (non-hydrogen) atoms. The summed E-state index contributed by atoms with van der Waals surface area (Å²) in [6.45, 7) is 4.96. The molecule has 1 heterocycles. The number of hydrogen-bond donors (Lipinski definition) is 1. The number of likely N-dealkylation sites (N-methyl/N-ethyl adjacent to an activating group) is 1. The summed E-state index contributed by atoms with van der Waals surface area (Å²) < 4.78 is 5.57. The molecule has 4 nitrogen and oxygen atoms in total. The summed E-state index contributed by atoms with van der Waals surface area (Å²) in [5.74, 6) is 1.53. The third-order valence-corrected chi connectivity index (χ3v) is 4.88. The molecule has 4 heteroatoms. The summed E-state index contributed by atoms with van der Waals surface area (Å²) in [6.07, 6.45) is 8.47. The fourth-order valence-electron chi connectivity index (χ4n) is 3.69. The normalized spacial score (nSPS) is 27.6. The molecule has 118 valence electrons. The first-order valence-electron chi connectivity index (χ1n) is 8.00. The highest BCUT2D eigenvalue weighted by Gasteiger charge is 2.42. The maximum atomic E-state index is 6.70. The van der Waals surface area contributed by atoms with Crippen molar-refractivity contribution in [2.75, 3.05) is 20.7 Å². The Morgan fingerprint density at radius 3 is 2.86 bits per heavy atom. The Kier molecular flexibility index (Phi) is 5.22. The van der Waals surface area contributed by atoms with Crippen molar-refractivity contribution in [1.82, 2.24) is 9.88 Å². The molecule has 0 aromatic carbocycles. The molecule has 3 unspecified atom stereocenters. The molecule has 0 aliphatic heterocycles. The molecule has 1 aromatic heterocycles. The first-order chi connectivity index (χ1) is 9.99. The molecule has 1 saturated carbocycles. The Bertz CT molecular complexity index is 463. The Labute approximate surface area is 128 Å². The van der Waals surface area contributed by atoms with E-state index in [1.165, 1.54) is 12.8 Å². The summed E-state index contributed by atoms with van der Waals surface area (Å²) in [5.41, 5.74) is 7.79. The summed E-state index contributed by atoms with van der Waals surface area (Å²) in [5, 5.41) is 0. The van der Waals surface area contributed by atoms with Gasteiger partial charge in [0.2, 0.25) is 0 Å². The summed E-state index contributed by atoms with van der Waals surface area (Å²) in [6, 6.07) is 2.01. The van der Waals surface area contributed by atoms with Crippen LogP contribution in [0.3, 0.4) is 0 Å². The molecular formula is C17H29N3O. The molecule has 1 aromatic rings. The Balaban J connectivity index is 2.30. The molecule has 1 aliphatic carbocycles. The molecule has 0 saturated heterocycles. The molecule has 2 N–H and O–H groups in total. The number of nitrogens with two attached hydrogens (primary N) is 1. The lowest BCUT2D eigenvalue weighted by atomic mass is 9.70. The summed E-state index contributed by atoms with van der Waals surface area (Å²) >= 11 is 0. The Morgan fingerprint density at radius 1 is 1.48 bits per heavy atom. The van der Waals surface area contributed by atoms with E-state index >= 15 is 0 Å². The van der Waals surface area contributed by atoms with Crippen molar-refractivity contribution in [1.29, 1.82) is 0 Å². The second-order valence-corrected chi connectivity index (χ2v) is 6.56. The van der Waals surface area contributed by atoms with E-state index < -0.39 is 0 Å². The zero-order valence-electron chi connectivity index (χ0n) is 13.8. The van der Waals surface area contributed by atoms with Gasteiger partial charge in [0.15, 0.2) is 0 Å². The Hall–Kier alpha value is -1.13. The van der Waals surface area contributed by atoms with Gasteiger partial charge in [0, 0.05) is 17.8 Å². The van der Waals surface area contributed by atoms with E-state index in [0.717, 1.165) is 30.1 Å². The number of hydrogen-bond acceptors (Lipinski definition) is 4. The van der Waals surface area contributed by atoms with Crippen LogP contribution in [0.1, 0.15) is 51.1 Å². The van der Waals surface area contributed by atoms with Gasteiger partial charge in [-0.05, 0) is 51.4 Å². The van der Waals surface area contributed by atoms with Gasteiger partial charge in [0.05, 0.1) is 12.8 Å². The molecule has 2 rings (SSSR count). The molecular weight excluding hydrogens is 262 g/mol. The van der Waals surface area contributed by atoms with Crippen molar-refractivity contribution in [3.63, 3.8) is 0 Å². The van der Waals surface area contributed by atoms with Gasteiger partial charge in [-0.2, -0.15) is 0 Å². The SMILES string of the molecule is CCOc1cncc(C(N)C2(N(C)C)CCCC(C)C2)c1. The average molecular weight is 291 g/mol. The third-order valence-electron chi connectivity index (χ3n) is 4.88. The van der Waals surface area contributed by atoms with Gasteiger partial charge >= 0.3 is 0 Å². The van der Waals surface area contributed by atoms with E-state index in [1.807, 2.05) is 19.2 Å². The topological polar surface area (TPSA) is 51.4 Å². The molecule has 0 spiro atoms. The van der Waals surface area contributed by atoms with Crippen LogP contribution in [0.5, 0.6) is 5.75 Å². The molecule has 3 atom stereocenters. The number of ether oxygens (including phenoxy) is 1. The maximum Gasteiger partial charge on any atom is 0.137 e. The summed E-state index contributed by atoms with van der Waals surface area (Å²) in [4.78, 5) is 6.63. The van der Waals surface area contributed by atoms with Crippen LogP contribution in [0.4, 0.5) is 0 Å². The first-order valence-corrected chi connectivity index (χ1v) is 8.00. The van der Waals surface area contributed by atoms with Gasteiger partial charge in [-0.1, -0.05) is 19.8 Å². The van der Waals surface area contributed by atoms with Crippen molar-refractivity contribution in [2.24, 2.45) is 11.7 Å². The van der Waals surface area contributed by atoms with E-state index in [1.54, 1.807) is 6.20 Å². The minimum absolute atomic E-state index is 0.0180. The number of aromatic nitrogens is 1. The zero-order valence-corrected chi connectivity index (χ0v) is 13.8. The second-order valence-electron chi connectivity index (χ2n) is 6.56. The van der Waals surface area contributed by atoms with Gasteiger partial charge in [-0.3, -0.25) is 4.98 Å². The largest absolute Gasteiger partial charge is 0.492 e. The minimum atomic E-state index is -0.0387. The van der Waals surface area contributed by atoms with E-state index in [0.29, 0.717) is 6.61 Å². The number of nitrogens with zero attached hydrogens (tertiary/aromatic N) is 2. The second kappa shape index (κ2) is 6.75. The smallest absolute Gasteiger partial charge is 0.137 e. The highest BCUT2D eigenvalue weighted by molar-refractivity contribution is 5.28. The van der Waals surface area contributed by atoms with E-state index in [4.69, 9.17) is 10.5 Å². The van der Waals surface area contributed by atoms with Gasteiger partial charge in [-0.15, -0.1) is 0 Å². The molecule has 0 bridgehead atoms. The van der Waals surface area contributed by atoms with Crippen molar-refractivity contribution in [3.8, 4) is 5.75 Å². The van der Waals surface area contributed by atoms with Crippen LogP contribution in [0, 0.1) is 5.92 Å². The Morgan fingerprint density at radius 2 is 2.24 bits per heavy atom. The highest BCUT2D eigenvalue weighted by atomic mass is 16.5. The standard InChI is InChI=1S/C17H29N3O/c1-5-21-15-9-14(11-19-12-15)16(18)17(20(3)4)8-6-7-13(2)10-17/h9,11-13,16H,5-8,10,18H2,1-4H3. The van der Waals surface area contributed by atoms with Crippen molar-refractivity contribution < 1.29 is 4.74 Å². The summed E-state index contributed by atoms with van der Waals surface area (Å²) in [7, 11) is 4.30. The lowest BCUT2D eigenvalue weighted by Crippen LogP contribution is -2.54. The number of rotatable bonds is 5. The van der Waals surface area contributed by atoms with Crippen LogP contribution in [0.15, 0.2) is 18.5 Å². The van der Waals surface area contributed by atoms with Gasteiger partial charge < -0.3 is 15.4 Å². The monoisotopic (exact) mass is 291 g/mol. The zero-order chi connectivity index (χ0) is 15.5. The lowest BCUT2D eigenvalue weighted by molar-refractivity contribution is 0.0498. The van der Waals surface area contributed by atoms with Crippen LogP contribution >= 0.6 is 0 Å². The molecule has 1 fully saturated rings. The van der Waals surface area contributed by atoms with Crippen LogP contribution in [0.25, 0.3) is 0 Å². The predicted octanol–water partition coefficient (Wildman–Crippen LogP) is 2.99. The van der Waals surface area contributed by atoms with E-state index in [2.05, 4.69) is 30.9 Å². The van der Waals surface area contributed by atoms with Crippen molar-refractivity contribution >= 4 is 0 Å². The van der Waals surface area contributed by atoms with Crippen LogP contribution in [0.2, 0.25) is 0 Å². The van der Waals surface area contributed by atoms with Gasteiger partial charge in [0.1, 0.15) is 5.75 Å². The fourth-order valence-corrected chi connectivity index (χ4v) is 3.69. The van der Waals surface area contributed by atoms with Crippen LogP contribution < -0.4 is 10.5 Å². The lowest BCUT2D eigenvalue weighted by Gasteiger charge is -2.49. The van der Waals surface area contributed by atoms with Crippen LogP contribution in [-0.2, 0) is 0 Å². The molecule has 1 aliphatic rings. The van der Waals surface area contributed by atoms with E-state index in [-0.39, 0.29) is 11.6 Å². The van der Waals surface area contributed by atoms with Gasteiger partial charge in [0.25, 0.3) is 0 Å². The molecule has 0 amide bonds. The minimum Gasteiger partial charge on any atom is -0.492 e. The first kappa shape index (κ1) is 16.2. The maximum absolute atomic E-state index is 6.70. The van der Waals surface area contributed by atoms with Gasteiger partial charge in [-0.25, -0.2) is 0 Å².